The Hall–Kier alpha value is -1.36. The molecule has 0 unspecified atom stereocenters. The molecule has 2 heterocycles. The molecule has 1 atom stereocenters. The number of ether oxygens (including phenoxy) is 1. The number of amides is 1. The van der Waals surface area contributed by atoms with Gasteiger partial charge in [-0.1, -0.05) is 18.5 Å². The number of cyclic esters (lactones) is 1. The number of rotatable bonds is 1. The number of nitrogens with one attached hydrogen (secondary N) is 1. The van der Waals surface area contributed by atoms with Gasteiger partial charge in [0.05, 0.1) is 5.56 Å². The SMILES string of the molecule is CC[C@H]1OC(=O)Nc2ncnc(Cl)c21. The first kappa shape index (κ1) is 9.21. The Morgan fingerprint density at radius 3 is 3.14 bits per heavy atom. The topological polar surface area (TPSA) is 64.1 Å². The van der Waals surface area contributed by atoms with Crippen LogP contribution in [-0.4, -0.2) is 16.1 Å². The van der Waals surface area contributed by atoms with Gasteiger partial charge in [-0.15, -0.1) is 0 Å². The number of carbonyl (C=O) groups is 1. The first-order valence-corrected chi connectivity index (χ1v) is 4.58. The van der Waals surface area contributed by atoms with E-state index in [0.29, 0.717) is 23.0 Å². The Morgan fingerprint density at radius 1 is 1.64 bits per heavy atom. The Morgan fingerprint density at radius 2 is 2.43 bits per heavy atom. The molecule has 5 nitrogen and oxygen atoms in total. The van der Waals surface area contributed by atoms with E-state index in [4.69, 9.17) is 16.3 Å². The van der Waals surface area contributed by atoms with E-state index in [-0.39, 0.29) is 6.10 Å². The third kappa shape index (κ3) is 1.39. The monoisotopic (exact) mass is 213 g/mol. The highest BCUT2D eigenvalue weighted by Gasteiger charge is 2.28. The van der Waals surface area contributed by atoms with Gasteiger partial charge in [-0.05, 0) is 6.42 Å². The minimum atomic E-state index is -0.501. The maximum atomic E-state index is 11.1. The van der Waals surface area contributed by atoms with Gasteiger partial charge in [0.25, 0.3) is 0 Å². The fourth-order valence-electron chi connectivity index (χ4n) is 1.36. The molecule has 0 aromatic carbocycles. The smallest absolute Gasteiger partial charge is 0.413 e. The van der Waals surface area contributed by atoms with Gasteiger partial charge in [-0.25, -0.2) is 14.8 Å². The molecule has 74 valence electrons. The predicted octanol–water partition coefficient (Wildman–Crippen LogP) is 2.14. The predicted molar refractivity (Wildman–Crippen MR) is 50.2 cm³/mol. The van der Waals surface area contributed by atoms with Crippen LogP contribution in [0.4, 0.5) is 10.6 Å². The van der Waals surface area contributed by atoms with Crippen LogP contribution >= 0.6 is 11.6 Å². The van der Waals surface area contributed by atoms with Gasteiger partial charge in [0.15, 0.2) is 0 Å². The van der Waals surface area contributed by atoms with Gasteiger partial charge < -0.3 is 4.74 Å². The third-order valence-electron chi connectivity index (χ3n) is 2.00. The largest absolute Gasteiger partial charge is 0.441 e. The minimum Gasteiger partial charge on any atom is -0.441 e. The van der Waals surface area contributed by atoms with E-state index in [1.54, 1.807) is 0 Å². The zero-order valence-corrected chi connectivity index (χ0v) is 8.21. The number of carbonyl (C=O) groups excluding carboxylic acids is 1. The van der Waals surface area contributed by atoms with E-state index in [1.807, 2.05) is 6.92 Å². The van der Waals surface area contributed by atoms with Crippen LogP contribution in [0, 0.1) is 0 Å². The molecule has 1 amide bonds. The molecule has 0 spiro atoms. The van der Waals surface area contributed by atoms with Crippen LogP contribution < -0.4 is 5.32 Å². The summed E-state index contributed by atoms with van der Waals surface area (Å²) in [5, 5.41) is 2.79. The summed E-state index contributed by atoms with van der Waals surface area (Å²) in [6, 6.07) is 0. The van der Waals surface area contributed by atoms with Crippen molar-refractivity contribution in [1.29, 1.82) is 0 Å². The molecule has 0 fully saturated rings. The molecule has 0 bridgehead atoms. The van der Waals surface area contributed by atoms with Gasteiger partial charge in [0, 0.05) is 0 Å². The highest BCUT2D eigenvalue weighted by Crippen LogP contribution is 2.34. The lowest BCUT2D eigenvalue weighted by molar-refractivity contribution is 0.103. The summed E-state index contributed by atoms with van der Waals surface area (Å²) in [5.41, 5.74) is 0.649. The Labute approximate surface area is 85.5 Å². The lowest BCUT2D eigenvalue weighted by atomic mass is 10.1. The van der Waals surface area contributed by atoms with E-state index in [2.05, 4.69) is 15.3 Å². The molecule has 0 saturated carbocycles. The zero-order valence-electron chi connectivity index (χ0n) is 7.45. The maximum Gasteiger partial charge on any atom is 0.413 e. The number of aromatic nitrogens is 2. The molecule has 1 aliphatic heterocycles. The summed E-state index contributed by atoms with van der Waals surface area (Å²) in [5.74, 6) is 0.438. The summed E-state index contributed by atoms with van der Waals surface area (Å²) in [6.45, 7) is 1.90. The molecule has 6 heteroatoms. The normalized spacial score (nSPS) is 19.6. The lowest BCUT2D eigenvalue weighted by Crippen LogP contribution is -2.25. The Balaban J connectivity index is 2.51. The van der Waals surface area contributed by atoms with Crippen LogP contribution in [-0.2, 0) is 4.74 Å². The number of fused-ring (bicyclic) bond motifs is 1. The standard InChI is InChI=1S/C8H8ClN3O2/c1-2-4-5-6(9)10-3-11-7(5)12-8(13)14-4/h3-4H,2H2,1H3,(H,10,11,12,13)/t4-/m1/s1. The summed E-state index contributed by atoms with van der Waals surface area (Å²) in [6.07, 6.45) is 1.10. The molecule has 14 heavy (non-hydrogen) atoms. The Kier molecular flexibility index (Phi) is 2.25. The molecule has 0 saturated heterocycles. The van der Waals surface area contributed by atoms with E-state index < -0.39 is 6.09 Å². The van der Waals surface area contributed by atoms with Gasteiger partial charge in [-0.3, -0.25) is 5.32 Å². The van der Waals surface area contributed by atoms with Crippen LogP contribution in [0.3, 0.4) is 0 Å². The van der Waals surface area contributed by atoms with Crippen LogP contribution in [0.5, 0.6) is 0 Å². The van der Waals surface area contributed by atoms with Gasteiger partial charge in [0.1, 0.15) is 23.4 Å². The fraction of sp³-hybridized carbons (Fsp3) is 0.375. The second kappa shape index (κ2) is 3.42. The summed E-state index contributed by atoms with van der Waals surface area (Å²) in [7, 11) is 0. The number of hydrogen-bond donors (Lipinski definition) is 1. The van der Waals surface area contributed by atoms with Crippen LogP contribution in [0.1, 0.15) is 25.0 Å². The molecular weight excluding hydrogens is 206 g/mol. The van der Waals surface area contributed by atoms with Gasteiger partial charge >= 0.3 is 6.09 Å². The molecule has 1 N–H and O–H groups in total. The molecule has 1 aliphatic rings. The van der Waals surface area contributed by atoms with E-state index in [9.17, 15) is 4.79 Å². The summed E-state index contributed by atoms with van der Waals surface area (Å²) >= 11 is 5.88. The molecule has 0 radical (unpaired) electrons. The number of hydrogen-bond acceptors (Lipinski definition) is 4. The van der Waals surface area contributed by atoms with Crippen molar-refractivity contribution in [3.05, 3.63) is 17.0 Å². The van der Waals surface area contributed by atoms with E-state index in [1.165, 1.54) is 6.33 Å². The second-order valence-electron chi connectivity index (χ2n) is 2.85. The molecule has 2 rings (SSSR count). The fourth-order valence-corrected chi connectivity index (χ4v) is 1.62. The maximum absolute atomic E-state index is 11.1. The second-order valence-corrected chi connectivity index (χ2v) is 3.21. The number of anilines is 1. The van der Waals surface area contributed by atoms with Crippen molar-refractivity contribution in [3.8, 4) is 0 Å². The average Bonchev–Trinajstić information content (AvgIpc) is 2.16. The van der Waals surface area contributed by atoms with Crippen molar-refractivity contribution in [1.82, 2.24) is 9.97 Å². The van der Waals surface area contributed by atoms with Gasteiger partial charge in [0.2, 0.25) is 0 Å². The van der Waals surface area contributed by atoms with Crippen LogP contribution in [0.2, 0.25) is 5.15 Å². The van der Waals surface area contributed by atoms with Crippen molar-refractivity contribution in [2.24, 2.45) is 0 Å². The van der Waals surface area contributed by atoms with Crippen molar-refractivity contribution in [2.75, 3.05) is 5.32 Å². The Bertz CT molecular complexity index is 383. The number of halogens is 1. The van der Waals surface area contributed by atoms with Crippen molar-refractivity contribution >= 4 is 23.5 Å². The first-order chi connectivity index (χ1) is 6.72. The first-order valence-electron chi connectivity index (χ1n) is 4.20. The lowest BCUT2D eigenvalue weighted by Gasteiger charge is -2.24. The highest BCUT2D eigenvalue weighted by molar-refractivity contribution is 6.30. The highest BCUT2D eigenvalue weighted by atomic mass is 35.5. The molecule has 0 aliphatic carbocycles. The van der Waals surface area contributed by atoms with E-state index >= 15 is 0 Å². The van der Waals surface area contributed by atoms with Crippen molar-refractivity contribution in [2.45, 2.75) is 19.4 Å². The third-order valence-corrected chi connectivity index (χ3v) is 2.30. The molecular formula is C8H8ClN3O2. The van der Waals surface area contributed by atoms with Crippen LogP contribution in [0.15, 0.2) is 6.33 Å². The zero-order chi connectivity index (χ0) is 10.1. The quantitative estimate of drug-likeness (QED) is 0.726. The summed E-state index contributed by atoms with van der Waals surface area (Å²) < 4.78 is 5.03. The van der Waals surface area contributed by atoms with Crippen molar-refractivity contribution < 1.29 is 9.53 Å². The molecule has 1 aromatic heterocycles. The van der Waals surface area contributed by atoms with Crippen molar-refractivity contribution in [3.63, 3.8) is 0 Å². The average molecular weight is 214 g/mol. The summed E-state index contributed by atoms with van der Waals surface area (Å²) in [4.78, 5) is 18.8. The van der Waals surface area contributed by atoms with Gasteiger partial charge in [-0.2, -0.15) is 0 Å². The van der Waals surface area contributed by atoms with E-state index in [0.717, 1.165) is 0 Å². The minimum absolute atomic E-state index is 0.321. The van der Waals surface area contributed by atoms with Crippen LogP contribution in [0.25, 0.3) is 0 Å². The molecule has 1 aromatic rings. The number of nitrogens with zero attached hydrogens (tertiary/aromatic N) is 2.